The maximum atomic E-state index is 13.5. The van der Waals surface area contributed by atoms with Gasteiger partial charge in [0.1, 0.15) is 6.04 Å². The molecule has 3 rings (SSSR count). The van der Waals surface area contributed by atoms with E-state index in [4.69, 9.17) is 46.4 Å². The van der Waals surface area contributed by atoms with Gasteiger partial charge in [0, 0.05) is 45.9 Å². The Kier molecular flexibility index (Phi) is 10.6. The summed E-state index contributed by atoms with van der Waals surface area (Å²) in [5, 5.41) is 4.73. The van der Waals surface area contributed by atoms with Crippen molar-refractivity contribution >= 4 is 70.0 Å². The molecule has 0 saturated heterocycles. The van der Waals surface area contributed by atoms with E-state index >= 15 is 0 Å². The van der Waals surface area contributed by atoms with Crippen LogP contribution in [0.5, 0.6) is 0 Å². The van der Waals surface area contributed by atoms with Crippen molar-refractivity contribution in [1.29, 1.82) is 0 Å². The molecule has 4 nitrogen and oxygen atoms in total. The fraction of sp³-hybridized carbons (Fsp3) is 0.231. The van der Waals surface area contributed by atoms with E-state index in [1.165, 1.54) is 11.8 Å². The minimum absolute atomic E-state index is 0.134. The highest BCUT2D eigenvalue weighted by molar-refractivity contribution is 7.99. The van der Waals surface area contributed by atoms with Crippen molar-refractivity contribution in [2.24, 2.45) is 0 Å². The summed E-state index contributed by atoms with van der Waals surface area (Å²) >= 11 is 26.4. The van der Waals surface area contributed by atoms with Crippen LogP contribution in [0.25, 0.3) is 0 Å². The van der Waals surface area contributed by atoms with Crippen LogP contribution in [0.1, 0.15) is 16.7 Å². The molecule has 0 bridgehead atoms. The maximum absolute atomic E-state index is 13.5. The van der Waals surface area contributed by atoms with Gasteiger partial charge < -0.3 is 10.2 Å². The lowest BCUT2D eigenvalue weighted by atomic mass is 10.0. The molecule has 0 fully saturated rings. The van der Waals surface area contributed by atoms with Crippen LogP contribution in [0.4, 0.5) is 0 Å². The summed E-state index contributed by atoms with van der Waals surface area (Å²) in [6, 6.07) is 19.3. The van der Waals surface area contributed by atoms with E-state index in [2.05, 4.69) is 5.32 Å². The van der Waals surface area contributed by atoms with Crippen LogP contribution in [0.15, 0.2) is 66.7 Å². The number of hydrogen-bond acceptors (Lipinski definition) is 3. The molecule has 0 aromatic heterocycles. The van der Waals surface area contributed by atoms with Crippen molar-refractivity contribution in [3.05, 3.63) is 104 Å². The second-order valence-corrected chi connectivity index (χ2v) is 10.4. The Morgan fingerprint density at radius 3 is 2.23 bits per heavy atom. The van der Waals surface area contributed by atoms with E-state index in [0.29, 0.717) is 37.8 Å². The van der Waals surface area contributed by atoms with Crippen molar-refractivity contribution < 1.29 is 9.59 Å². The van der Waals surface area contributed by atoms with Crippen molar-refractivity contribution in [3.8, 4) is 0 Å². The summed E-state index contributed by atoms with van der Waals surface area (Å²) in [4.78, 5) is 28.1. The highest BCUT2D eigenvalue weighted by atomic mass is 35.5. The van der Waals surface area contributed by atoms with E-state index in [0.717, 1.165) is 11.1 Å². The van der Waals surface area contributed by atoms with Crippen LogP contribution in [0, 0.1) is 0 Å². The van der Waals surface area contributed by atoms with Gasteiger partial charge in [-0.25, -0.2) is 0 Å². The van der Waals surface area contributed by atoms with Crippen molar-refractivity contribution in [2.45, 2.75) is 24.8 Å². The van der Waals surface area contributed by atoms with Gasteiger partial charge in [-0.3, -0.25) is 9.59 Å². The molecule has 0 spiro atoms. The molecule has 9 heteroatoms. The highest BCUT2D eigenvalue weighted by Gasteiger charge is 2.30. The Morgan fingerprint density at radius 1 is 0.914 bits per heavy atom. The number of nitrogens with one attached hydrogen (secondary N) is 1. The lowest BCUT2D eigenvalue weighted by Gasteiger charge is -2.31. The number of amides is 2. The van der Waals surface area contributed by atoms with Gasteiger partial charge in [0.25, 0.3) is 0 Å². The molecule has 184 valence electrons. The topological polar surface area (TPSA) is 49.4 Å². The molecule has 0 radical (unpaired) electrons. The maximum Gasteiger partial charge on any atom is 0.242 e. The monoisotopic (exact) mass is 568 g/mol. The molecule has 0 heterocycles. The molecule has 1 atom stereocenters. The first-order valence-electron chi connectivity index (χ1n) is 10.8. The number of thioether (sulfide) groups is 1. The predicted octanol–water partition coefficient (Wildman–Crippen LogP) is 6.92. The van der Waals surface area contributed by atoms with Gasteiger partial charge >= 0.3 is 0 Å². The summed E-state index contributed by atoms with van der Waals surface area (Å²) in [6.07, 6.45) is 0.360. The van der Waals surface area contributed by atoms with Gasteiger partial charge in [-0.2, -0.15) is 0 Å². The fourth-order valence-corrected chi connectivity index (χ4v) is 5.66. The quantitative estimate of drug-likeness (QED) is 0.288. The molecular weight excluding hydrogens is 546 g/mol. The third-order valence-electron chi connectivity index (χ3n) is 5.41. The third kappa shape index (κ3) is 7.80. The Morgan fingerprint density at radius 2 is 1.60 bits per heavy atom. The average Bonchev–Trinajstić information content (AvgIpc) is 2.84. The predicted molar refractivity (Wildman–Crippen MR) is 148 cm³/mol. The molecule has 0 unspecified atom stereocenters. The van der Waals surface area contributed by atoms with E-state index in [1.54, 1.807) is 48.3 Å². The van der Waals surface area contributed by atoms with Gasteiger partial charge in [-0.1, -0.05) is 88.9 Å². The van der Waals surface area contributed by atoms with Crippen LogP contribution in [0.2, 0.25) is 20.1 Å². The lowest BCUT2D eigenvalue weighted by Crippen LogP contribution is -2.50. The standard InChI is InChI=1S/C26H24Cl4N2O2S/c1-31-26(34)24(12-17-6-3-2-4-7-17)32(14-18-10-11-19(27)13-23(18)30)25(33)16-35-15-20-21(28)8-5-9-22(20)29/h2-11,13,24H,12,14-16H2,1H3,(H,31,34)/t24-/m0/s1. The number of carbonyl (C=O) groups excluding carboxylic acids is 2. The lowest BCUT2D eigenvalue weighted by molar-refractivity contribution is -0.139. The molecule has 0 aliphatic carbocycles. The number of nitrogens with zero attached hydrogens (tertiary/aromatic N) is 1. The number of carbonyl (C=O) groups is 2. The third-order valence-corrected chi connectivity index (χ3v) is 7.65. The van der Waals surface area contributed by atoms with Crippen molar-refractivity contribution in [3.63, 3.8) is 0 Å². The second kappa shape index (κ2) is 13.4. The molecule has 1 N–H and O–H groups in total. The summed E-state index contributed by atoms with van der Waals surface area (Å²) in [5.41, 5.74) is 2.41. The first kappa shape index (κ1) is 27.7. The Balaban J connectivity index is 1.86. The van der Waals surface area contributed by atoms with E-state index in [9.17, 15) is 9.59 Å². The first-order chi connectivity index (χ1) is 16.8. The zero-order valence-corrected chi connectivity index (χ0v) is 22.8. The minimum Gasteiger partial charge on any atom is -0.357 e. The number of rotatable bonds is 10. The molecule has 35 heavy (non-hydrogen) atoms. The molecule has 0 aliphatic heterocycles. The number of benzene rings is 3. The Bertz CT molecular complexity index is 1160. The summed E-state index contributed by atoms with van der Waals surface area (Å²) in [6.45, 7) is 0.160. The number of halogens is 4. The van der Waals surface area contributed by atoms with Gasteiger partial charge in [0.15, 0.2) is 0 Å². The summed E-state index contributed by atoms with van der Waals surface area (Å²) < 4.78 is 0. The number of hydrogen-bond donors (Lipinski definition) is 1. The van der Waals surface area contributed by atoms with E-state index in [-0.39, 0.29) is 24.1 Å². The van der Waals surface area contributed by atoms with Gasteiger partial charge in [0.2, 0.25) is 11.8 Å². The van der Waals surface area contributed by atoms with Crippen LogP contribution >= 0.6 is 58.2 Å². The molecular formula is C26H24Cl4N2O2S. The van der Waals surface area contributed by atoms with Crippen LogP contribution in [-0.2, 0) is 28.3 Å². The van der Waals surface area contributed by atoms with Gasteiger partial charge in [-0.05, 0) is 41.0 Å². The van der Waals surface area contributed by atoms with Crippen LogP contribution < -0.4 is 5.32 Å². The van der Waals surface area contributed by atoms with E-state index < -0.39 is 6.04 Å². The number of likely N-dealkylation sites (N-methyl/N-ethyl adjacent to an activating group) is 1. The van der Waals surface area contributed by atoms with E-state index in [1.807, 2.05) is 30.3 Å². The van der Waals surface area contributed by atoms with Gasteiger partial charge in [0.05, 0.1) is 5.75 Å². The highest BCUT2D eigenvalue weighted by Crippen LogP contribution is 2.29. The smallest absolute Gasteiger partial charge is 0.242 e. The summed E-state index contributed by atoms with van der Waals surface area (Å²) in [7, 11) is 1.56. The molecule has 0 aliphatic rings. The SMILES string of the molecule is CNC(=O)[C@H](Cc1ccccc1)N(Cc1ccc(Cl)cc1Cl)C(=O)CSCc1c(Cl)cccc1Cl. The second-order valence-electron chi connectivity index (χ2n) is 7.77. The summed E-state index contributed by atoms with van der Waals surface area (Å²) in [5.74, 6) is 0.137. The van der Waals surface area contributed by atoms with Crippen molar-refractivity contribution in [2.75, 3.05) is 12.8 Å². The van der Waals surface area contributed by atoms with Crippen LogP contribution in [-0.4, -0.2) is 35.6 Å². The van der Waals surface area contributed by atoms with Crippen LogP contribution in [0.3, 0.4) is 0 Å². The zero-order chi connectivity index (χ0) is 25.4. The minimum atomic E-state index is -0.730. The Hall–Kier alpha value is -1.89. The first-order valence-corrected chi connectivity index (χ1v) is 13.5. The molecule has 0 saturated carbocycles. The normalized spacial score (nSPS) is 11.7. The molecule has 3 aromatic rings. The Labute approximate surface area is 229 Å². The van der Waals surface area contributed by atoms with Gasteiger partial charge in [-0.15, -0.1) is 11.8 Å². The molecule has 3 aromatic carbocycles. The largest absolute Gasteiger partial charge is 0.357 e. The fourth-order valence-electron chi connectivity index (χ4n) is 3.55. The average molecular weight is 570 g/mol. The zero-order valence-electron chi connectivity index (χ0n) is 18.9. The molecule has 2 amide bonds. The van der Waals surface area contributed by atoms with Crippen molar-refractivity contribution in [1.82, 2.24) is 10.2 Å².